The molecule has 6 heteroatoms. The Balaban J connectivity index is 2.44. The van der Waals surface area contributed by atoms with E-state index in [0.717, 1.165) is 0 Å². The minimum absolute atomic E-state index is 0.204. The summed E-state index contributed by atoms with van der Waals surface area (Å²) < 4.78 is 4.69. The predicted molar refractivity (Wildman–Crippen MR) is 70.5 cm³/mol. The molecule has 1 amide bonds. The number of likely N-dealkylation sites (tertiary alicyclic amines) is 1. The predicted octanol–water partition coefficient (Wildman–Crippen LogP) is -0.243. The molecule has 110 valence electrons. The molecule has 2 atom stereocenters. The first kappa shape index (κ1) is 15.9. The van der Waals surface area contributed by atoms with Gasteiger partial charge in [-0.2, -0.15) is 0 Å². The van der Waals surface area contributed by atoms with Crippen molar-refractivity contribution in [1.29, 1.82) is 0 Å². The summed E-state index contributed by atoms with van der Waals surface area (Å²) in [6.07, 6.45) is 0.903. The molecule has 1 saturated heterocycles. The molecule has 1 unspecified atom stereocenters. The van der Waals surface area contributed by atoms with Crippen LogP contribution in [0.1, 0.15) is 26.7 Å². The van der Waals surface area contributed by atoms with E-state index >= 15 is 0 Å². The number of carbonyl (C=O) groups is 2. The van der Waals surface area contributed by atoms with E-state index in [1.807, 2.05) is 18.7 Å². The van der Waals surface area contributed by atoms with Crippen LogP contribution < -0.4 is 5.32 Å². The zero-order chi connectivity index (χ0) is 14.4. The van der Waals surface area contributed by atoms with Crippen molar-refractivity contribution in [2.75, 3.05) is 26.7 Å². The lowest BCUT2D eigenvalue weighted by Gasteiger charge is -2.20. The van der Waals surface area contributed by atoms with Crippen LogP contribution >= 0.6 is 0 Å². The lowest BCUT2D eigenvalue weighted by atomic mass is 10.0. The van der Waals surface area contributed by atoms with Crippen molar-refractivity contribution in [3.8, 4) is 0 Å². The molecule has 1 aliphatic heterocycles. The molecular weight excluding hydrogens is 248 g/mol. The van der Waals surface area contributed by atoms with Crippen LogP contribution in [0.3, 0.4) is 0 Å². The number of hydrogen-bond donors (Lipinski definition) is 2. The van der Waals surface area contributed by atoms with Crippen LogP contribution in [-0.4, -0.2) is 60.8 Å². The van der Waals surface area contributed by atoms with E-state index in [4.69, 9.17) is 4.74 Å². The molecule has 1 fully saturated rings. The molecule has 0 bridgehead atoms. The van der Waals surface area contributed by atoms with Crippen molar-refractivity contribution in [2.24, 2.45) is 5.92 Å². The highest BCUT2D eigenvalue weighted by Gasteiger charge is 2.26. The number of esters is 1. The van der Waals surface area contributed by atoms with Crippen molar-refractivity contribution in [2.45, 2.75) is 38.8 Å². The molecule has 0 aromatic rings. The number of methoxy groups -OCH3 is 1. The highest BCUT2D eigenvalue weighted by molar-refractivity contribution is 5.85. The topological polar surface area (TPSA) is 78.9 Å². The normalized spacial score (nSPS) is 21.4. The lowest BCUT2D eigenvalue weighted by Crippen LogP contribution is -2.46. The molecule has 19 heavy (non-hydrogen) atoms. The van der Waals surface area contributed by atoms with Gasteiger partial charge in [-0.25, -0.2) is 4.79 Å². The van der Waals surface area contributed by atoms with Gasteiger partial charge in [0.2, 0.25) is 5.91 Å². The lowest BCUT2D eigenvalue weighted by molar-refractivity contribution is -0.145. The Bertz CT molecular complexity index is 320. The van der Waals surface area contributed by atoms with E-state index in [1.165, 1.54) is 7.11 Å². The van der Waals surface area contributed by atoms with Crippen molar-refractivity contribution in [3.63, 3.8) is 0 Å². The molecule has 0 aliphatic carbocycles. The van der Waals surface area contributed by atoms with Gasteiger partial charge in [0.05, 0.1) is 19.8 Å². The third-order valence-corrected chi connectivity index (χ3v) is 3.14. The van der Waals surface area contributed by atoms with E-state index in [1.54, 1.807) is 0 Å². The molecule has 0 aromatic heterocycles. The number of β-amino-alcohol motifs (C(OH)–C–C–N with tert-alkyl or cyclic N) is 1. The molecule has 1 rings (SSSR count). The standard InChI is InChI=1S/C13H24N2O4/c1-9(2)6-11(13(18)19-3)14-12(17)8-15-5-4-10(16)7-15/h9-11,16H,4-8H2,1-3H3,(H,14,17)/t10-,11?/m1/s1. The first-order valence-corrected chi connectivity index (χ1v) is 6.70. The van der Waals surface area contributed by atoms with E-state index in [0.29, 0.717) is 25.9 Å². The maximum Gasteiger partial charge on any atom is 0.328 e. The Kier molecular flexibility index (Phi) is 6.24. The minimum Gasteiger partial charge on any atom is -0.467 e. The largest absolute Gasteiger partial charge is 0.467 e. The summed E-state index contributed by atoms with van der Waals surface area (Å²) >= 11 is 0. The SMILES string of the molecule is COC(=O)C(CC(C)C)NC(=O)CN1CC[C@@H](O)C1. The first-order chi connectivity index (χ1) is 8.92. The van der Waals surface area contributed by atoms with Gasteiger partial charge >= 0.3 is 5.97 Å². The molecule has 0 radical (unpaired) electrons. The summed E-state index contributed by atoms with van der Waals surface area (Å²) in [6.45, 7) is 5.41. The van der Waals surface area contributed by atoms with Crippen LogP contribution in [-0.2, 0) is 14.3 Å². The van der Waals surface area contributed by atoms with E-state index < -0.39 is 12.0 Å². The molecule has 0 spiro atoms. The summed E-state index contributed by atoms with van der Waals surface area (Å²) in [6, 6.07) is -0.593. The summed E-state index contributed by atoms with van der Waals surface area (Å²) in [4.78, 5) is 25.3. The quantitative estimate of drug-likeness (QED) is 0.652. The molecule has 0 saturated carbocycles. The highest BCUT2D eigenvalue weighted by atomic mass is 16.5. The van der Waals surface area contributed by atoms with Gasteiger partial charge in [-0.15, -0.1) is 0 Å². The summed E-state index contributed by atoms with van der Waals surface area (Å²) in [7, 11) is 1.32. The second kappa shape index (κ2) is 7.45. The van der Waals surface area contributed by atoms with Crippen molar-refractivity contribution < 1.29 is 19.4 Å². The number of ether oxygens (including phenoxy) is 1. The fraction of sp³-hybridized carbons (Fsp3) is 0.846. The molecule has 1 aliphatic rings. The van der Waals surface area contributed by atoms with E-state index in [2.05, 4.69) is 5.32 Å². The van der Waals surface area contributed by atoms with Gasteiger partial charge < -0.3 is 15.2 Å². The number of hydrogen-bond acceptors (Lipinski definition) is 5. The van der Waals surface area contributed by atoms with Crippen LogP contribution in [0.25, 0.3) is 0 Å². The molecule has 2 N–H and O–H groups in total. The zero-order valence-electron chi connectivity index (χ0n) is 11.9. The van der Waals surface area contributed by atoms with Gasteiger partial charge in [0, 0.05) is 13.1 Å². The van der Waals surface area contributed by atoms with Crippen LogP contribution in [0.2, 0.25) is 0 Å². The number of rotatable bonds is 6. The second-order valence-corrected chi connectivity index (χ2v) is 5.45. The molecular formula is C13H24N2O4. The first-order valence-electron chi connectivity index (χ1n) is 6.70. The molecule has 1 heterocycles. The smallest absolute Gasteiger partial charge is 0.328 e. The van der Waals surface area contributed by atoms with Gasteiger partial charge in [0.15, 0.2) is 0 Å². The van der Waals surface area contributed by atoms with Crippen LogP contribution in [0.15, 0.2) is 0 Å². The Hall–Kier alpha value is -1.14. The maximum atomic E-state index is 11.9. The Morgan fingerprint density at radius 3 is 2.63 bits per heavy atom. The van der Waals surface area contributed by atoms with Gasteiger partial charge in [0.1, 0.15) is 6.04 Å². The number of aliphatic hydroxyl groups excluding tert-OH is 1. The molecule has 6 nitrogen and oxygen atoms in total. The average molecular weight is 272 g/mol. The number of amides is 1. The Morgan fingerprint density at radius 1 is 1.47 bits per heavy atom. The maximum absolute atomic E-state index is 11.9. The zero-order valence-corrected chi connectivity index (χ0v) is 11.9. The van der Waals surface area contributed by atoms with E-state index in [9.17, 15) is 14.7 Å². The summed E-state index contributed by atoms with van der Waals surface area (Å²) in [5, 5.41) is 12.1. The van der Waals surface area contributed by atoms with Crippen LogP contribution in [0, 0.1) is 5.92 Å². The summed E-state index contributed by atoms with van der Waals surface area (Å²) in [5.41, 5.74) is 0. The third-order valence-electron chi connectivity index (χ3n) is 3.14. The fourth-order valence-electron chi connectivity index (χ4n) is 2.23. The van der Waals surface area contributed by atoms with Gasteiger partial charge in [-0.05, 0) is 18.8 Å². The monoisotopic (exact) mass is 272 g/mol. The van der Waals surface area contributed by atoms with Gasteiger partial charge in [-0.3, -0.25) is 9.69 Å². The van der Waals surface area contributed by atoms with Crippen molar-refractivity contribution in [1.82, 2.24) is 10.2 Å². The van der Waals surface area contributed by atoms with Gasteiger partial charge in [0.25, 0.3) is 0 Å². The molecule has 0 aromatic carbocycles. The van der Waals surface area contributed by atoms with Crippen molar-refractivity contribution in [3.05, 3.63) is 0 Å². The number of nitrogens with zero attached hydrogens (tertiary/aromatic N) is 1. The van der Waals surface area contributed by atoms with Crippen molar-refractivity contribution >= 4 is 11.9 Å². The minimum atomic E-state index is -0.593. The summed E-state index contributed by atoms with van der Waals surface area (Å²) in [5.74, 6) is -0.327. The van der Waals surface area contributed by atoms with Crippen LogP contribution in [0.4, 0.5) is 0 Å². The Morgan fingerprint density at radius 2 is 2.16 bits per heavy atom. The van der Waals surface area contributed by atoms with Gasteiger partial charge in [-0.1, -0.05) is 13.8 Å². The van der Waals surface area contributed by atoms with Crippen LogP contribution in [0.5, 0.6) is 0 Å². The highest BCUT2D eigenvalue weighted by Crippen LogP contribution is 2.09. The third kappa shape index (κ3) is 5.57. The average Bonchev–Trinajstić information content (AvgIpc) is 2.72. The second-order valence-electron chi connectivity index (χ2n) is 5.45. The van der Waals surface area contributed by atoms with E-state index in [-0.39, 0.29) is 24.5 Å². The fourth-order valence-corrected chi connectivity index (χ4v) is 2.23. The Labute approximate surface area is 114 Å². The number of carbonyl (C=O) groups excluding carboxylic acids is 2. The number of aliphatic hydroxyl groups is 1. The number of nitrogens with one attached hydrogen (secondary N) is 1.